The predicted octanol–water partition coefficient (Wildman–Crippen LogP) is 2.60. The van der Waals surface area contributed by atoms with Crippen LogP contribution in [0.15, 0.2) is 12.1 Å². The van der Waals surface area contributed by atoms with E-state index in [0.717, 1.165) is 12.1 Å². The van der Waals surface area contributed by atoms with Crippen LogP contribution in [0.5, 0.6) is 0 Å². The summed E-state index contributed by atoms with van der Waals surface area (Å²) < 4.78 is 26.0. The second kappa shape index (κ2) is 4.34. The fraction of sp³-hybridized carbons (Fsp3) is 0.250. The summed E-state index contributed by atoms with van der Waals surface area (Å²) >= 11 is 5.79. The van der Waals surface area contributed by atoms with Gasteiger partial charge >= 0.3 is 0 Å². The number of rotatable bonds is 1. The molecule has 0 N–H and O–H groups in total. The van der Waals surface area contributed by atoms with E-state index in [0.29, 0.717) is 0 Å². The van der Waals surface area contributed by atoms with Gasteiger partial charge in [-0.05, 0) is 6.07 Å². The molecule has 1 saturated heterocycles. The molecule has 1 aliphatic rings. The lowest BCUT2D eigenvalue weighted by molar-refractivity contribution is -0.117. The van der Waals surface area contributed by atoms with Crippen molar-refractivity contribution >= 4 is 23.2 Å². The Morgan fingerprint density at radius 1 is 1.41 bits per heavy atom. The fourth-order valence-electron chi connectivity index (χ4n) is 1.77. The SMILES string of the molecule is C#CC1CC(=O)N(c2cc(F)c(F)cc2Cl)C1. The molecular weight excluding hydrogens is 248 g/mol. The molecule has 1 heterocycles. The summed E-state index contributed by atoms with van der Waals surface area (Å²) in [7, 11) is 0. The first-order valence-corrected chi connectivity index (χ1v) is 5.31. The Balaban J connectivity index is 2.39. The van der Waals surface area contributed by atoms with Gasteiger partial charge in [0.1, 0.15) is 0 Å². The smallest absolute Gasteiger partial charge is 0.228 e. The zero-order chi connectivity index (χ0) is 12.6. The minimum absolute atomic E-state index is 0.00470. The van der Waals surface area contributed by atoms with Crippen LogP contribution in [-0.4, -0.2) is 12.5 Å². The maximum Gasteiger partial charge on any atom is 0.228 e. The number of hydrogen-bond acceptors (Lipinski definition) is 1. The number of benzene rings is 1. The third-order valence-electron chi connectivity index (χ3n) is 2.64. The number of hydrogen-bond donors (Lipinski definition) is 0. The van der Waals surface area contributed by atoms with E-state index in [1.54, 1.807) is 0 Å². The van der Waals surface area contributed by atoms with Crippen LogP contribution in [0.25, 0.3) is 0 Å². The molecule has 5 heteroatoms. The van der Waals surface area contributed by atoms with Crippen molar-refractivity contribution in [1.82, 2.24) is 0 Å². The van der Waals surface area contributed by atoms with Gasteiger partial charge < -0.3 is 4.90 Å². The maximum absolute atomic E-state index is 13.1. The average molecular weight is 256 g/mol. The molecule has 0 spiro atoms. The van der Waals surface area contributed by atoms with Gasteiger partial charge in [-0.2, -0.15) is 0 Å². The first-order valence-electron chi connectivity index (χ1n) is 4.94. The van der Waals surface area contributed by atoms with Crippen molar-refractivity contribution in [2.75, 3.05) is 11.4 Å². The molecular formula is C12H8ClF2NO. The molecule has 0 aliphatic carbocycles. The predicted molar refractivity (Wildman–Crippen MR) is 60.7 cm³/mol. The minimum atomic E-state index is -1.04. The number of carbonyl (C=O) groups is 1. The number of terminal acetylenes is 1. The number of halogens is 3. The maximum atomic E-state index is 13.1. The Morgan fingerprint density at radius 3 is 2.65 bits per heavy atom. The Bertz CT molecular complexity index is 524. The Hall–Kier alpha value is -1.60. The molecule has 1 unspecified atom stereocenters. The average Bonchev–Trinajstić information content (AvgIpc) is 2.65. The summed E-state index contributed by atoms with van der Waals surface area (Å²) in [6.07, 6.45) is 5.43. The molecule has 88 valence electrons. The van der Waals surface area contributed by atoms with E-state index in [1.807, 2.05) is 0 Å². The van der Waals surface area contributed by atoms with Crippen LogP contribution in [-0.2, 0) is 4.79 Å². The Kier molecular flexibility index (Phi) is 3.03. The Morgan fingerprint density at radius 2 is 2.06 bits per heavy atom. The second-order valence-corrected chi connectivity index (χ2v) is 4.20. The first-order chi connectivity index (χ1) is 8.02. The monoisotopic (exact) mass is 255 g/mol. The molecule has 0 radical (unpaired) electrons. The van der Waals surface area contributed by atoms with E-state index in [9.17, 15) is 13.6 Å². The number of amides is 1. The minimum Gasteiger partial charge on any atom is -0.310 e. The quantitative estimate of drug-likeness (QED) is 0.558. The third kappa shape index (κ3) is 2.11. The summed E-state index contributed by atoms with van der Waals surface area (Å²) in [4.78, 5) is 12.9. The molecule has 1 aromatic carbocycles. The van der Waals surface area contributed by atoms with Gasteiger partial charge in [0, 0.05) is 24.9 Å². The first kappa shape index (κ1) is 11.9. The molecule has 2 rings (SSSR count). The molecule has 1 aliphatic heterocycles. The van der Waals surface area contributed by atoms with Crippen LogP contribution in [0.2, 0.25) is 5.02 Å². The molecule has 1 amide bonds. The normalized spacial score (nSPS) is 19.5. The van der Waals surface area contributed by atoms with Gasteiger partial charge in [-0.3, -0.25) is 4.79 Å². The van der Waals surface area contributed by atoms with Crippen LogP contribution in [0.4, 0.5) is 14.5 Å². The van der Waals surface area contributed by atoms with Crippen LogP contribution in [0, 0.1) is 29.9 Å². The number of nitrogens with zero attached hydrogens (tertiary/aromatic N) is 1. The van der Waals surface area contributed by atoms with Crippen LogP contribution in [0.1, 0.15) is 6.42 Å². The van der Waals surface area contributed by atoms with Crippen molar-refractivity contribution in [3.8, 4) is 12.3 Å². The summed E-state index contributed by atoms with van der Waals surface area (Å²) in [5, 5.41) is -0.00470. The molecule has 0 saturated carbocycles. The standard InChI is InChI=1S/C12H8ClF2NO/c1-2-7-3-12(17)16(6-7)11-5-10(15)9(14)4-8(11)13/h1,4-5,7H,3,6H2. The lowest BCUT2D eigenvalue weighted by atomic mass is 10.1. The second-order valence-electron chi connectivity index (χ2n) is 3.79. The van der Waals surface area contributed by atoms with E-state index in [-0.39, 0.29) is 35.5 Å². The molecule has 1 atom stereocenters. The zero-order valence-electron chi connectivity index (χ0n) is 8.71. The third-order valence-corrected chi connectivity index (χ3v) is 2.94. The van der Waals surface area contributed by atoms with E-state index < -0.39 is 11.6 Å². The van der Waals surface area contributed by atoms with Crippen molar-refractivity contribution in [3.05, 3.63) is 28.8 Å². The van der Waals surface area contributed by atoms with E-state index in [2.05, 4.69) is 5.92 Å². The highest BCUT2D eigenvalue weighted by Crippen LogP contribution is 2.32. The highest BCUT2D eigenvalue weighted by molar-refractivity contribution is 6.33. The van der Waals surface area contributed by atoms with Gasteiger partial charge in [-0.25, -0.2) is 8.78 Å². The summed E-state index contributed by atoms with van der Waals surface area (Å²) in [5.41, 5.74) is 0.160. The van der Waals surface area contributed by atoms with Gasteiger partial charge in [0.15, 0.2) is 11.6 Å². The van der Waals surface area contributed by atoms with Crippen molar-refractivity contribution in [2.45, 2.75) is 6.42 Å². The largest absolute Gasteiger partial charge is 0.310 e. The molecule has 0 aromatic heterocycles. The summed E-state index contributed by atoms with van der Waals surface area (Å²) in [6.45, 7) is 0.278. The molecule has 2 nitrogen and oxygen atoms in total. The number of anilines is 1. The van der Waals surface area contributed by atoms with Gasteiger partial charge in [-0.15, -0.1) is 12.3 Å². The van der Waals surface area contributed by atoms with E-state index in [4.69, 9.17) is 18.0 Å². The summed E-state index contributed by atoms with van der Waals surface area (Å²) in [6, 6.07) is 1.76. The van der Waals surface area contributed by atoms with Gasteiger partial charge in [0.2, 0.25) is 5.91 Å². The van der Waals surface area contributed by atoms with Crippen LogP contribution >= 0.6 is 11.6 Å². The lowest BCUT2D eigenvalue weighted by Crippen LogP contribution is -2.25. The molecule has 0 bridgehead atoms. The Labute approximate surface area is 102 Å². The van der Waals surface area contributed by atoms with E-state index in [1.165, 1.54) is 4.90 Å². The van der Waals surface area contributed by atoms with Crippen molar-refractivity contribution < 1.29 is 13.6 Å². The highest BCUT2D eigenvalue weighted by atomic mass is 35.5. The summed E-state index contributed by atoms with van der Waals surface area (Å²) in [5.74, 6) is -0.0683. The van der Waals surface area contributed by atoms with Crippen LogP contribution in [0.3, 0.4) is 0 Å². The topological polar surface area (TPSA) is 20.3 Å². The van der Waals surface area contributed by atoms with Crippen LogP contribution < -0.4 is 4.90 Å². The highest BCUT2D eigenvalue weighted by Gasteiger charge is 2.31. The fourth-order valence-corrected chi connectivity index (χ4v) is 2.02. The van der Waals surface area contributed by atoms with Gasteiger partial charge in [-0.1, -0.05) is 11.6 Å². The molecule has 1 aromatic rings. The molecule has 1 fully saturated rings. The lowest BCUT2D eigenvalue weighted by Gasteiger charge is -2.17. The van der Waals surface area contributed by atoms with Crippen molar-refractivity contribution in [3.63, 3.8) is 0 Å². The zero-order valence-corrected chi connectivity index (χ0v) is 9.47. The van der Waals surface area contributed by atoms with Crippen molar-refractivity contribution in [1.29, 1.82) is 0 Å². The van der Waals surface area contributed by atoms with Gasteiger partial charge in [0.25, 0.3) is 0 Å². The molecule has 17 heavy (non-hydrogen) atoms. The number of carbonyl (C=O) groups excluding carboxylic acids is 1. The van der Waals surface area contributed by atoms with Gasteiger partial charge in [0.05, 0.1) is 10.7 Å². The van der Waals surface area contributed by atoms with Crippen molar-refractivity contribution in [2.24, 2.45) is 5.92 Å². The van der Waals surface area contributed by atoms with E-state index >= 15 is 0 Å².